The smallest absolute Gasteiger partial charge is 0.121 e. The summed E-state index contributed by atoms with van der Waals surface area (Å²) in [6, 6.07) is 7.99. The minimum atomic E-state index is -0.720. The fourth-order valence-electron chi connectivity index (χ4n) is 1.77. The van der Waals surface area contributed by atoms with Crippen LogP contribution in [-0.4, -0.2) is 12.7 Å². The summed E-state index contributed by atoms with van der Waals surface area (Å²) in [5, 5.41) is 3.17. The molecule has 1 nitrogen and oxygen atoms in total. The largest absolute Gasteiger partial charge is 0.307 e. The van der Waals surface area contributed by atoms with Crippen LogP contribution in [-0.2, 0) is 0 Å². The third-order valence-corrected chi connectivity index (χ3v) is 2.58. The van der Waals surface area contributed by atoms with Crippen LogP contribution in [0.4, 0.5) is 4.39 Å². The molecule has 3 heteroatoms. The van der Waals surface area contributed by atoms with Crippen molar-refractivity contribution in [1.29, 1.82) is 0 Å². The highest BCUT2D eigenvalue weighted by molar-refractivity contribution is 5.85. The number of rotatable bonds is 1. The summed E-state index contributed by atoms with van der Waals surface area (Å²) in [4.78, 5) is 0. The summed E-state index contributed by atoms with van der Waals surface area (Å²) in [6.45, 7) is 2.83. The summed E-state index contributed by atoms with van der Waals surface area (Å²) in [7, 11) is 0. The second kappa shape index (κ2) is 4.76. The zero-order valence-electron chi connectivity index (χ0n) is 8.16. The summed E-state index contributed by atoms with van der Waals surface area (Å²) in [5.41, 5.74) is 2.28. The van der Waals surface area contributed by atoms with Crippen LogP contribution in [0.25, 0.3) is 0 Å². The summed E-state index contributed by atoms with van der Waals surface area (Å²) < 4.78 is 13.3. The molecule has 0 saturated carbocycles. The molecule has 2 rings (SSSR count). The van der Waals surface area contributed by atoms with E-state index in [1.54, 1.807) is 0 Å². The number of hydrogen-bond acceptors (Lipinski definition) is 1. The zero-order chi connectivity index (χ0) is 9.26. The van der Waals surface area contributed by atoms with E-state index in [1.807, 2.05) is 31.2 Å². The van der Waals surface area contributed by atoms with Gasteiger partial charge in [-0.3, -0.25) is 0 Å². The lowest BCUT2D eigenvalue weighted by molar-refractivity contribution is 0.304. The van der Waals surface area contributed by atoms with E-state index in [9.17, 15) is 4.39 Å². The van der Waals surface area contributed by atoms with Crippen molar-refractivity contribution in [3.05, 3.63) is 35.4 Å². The Balaban J connectivity index is 0.000000980. The standard InChI is InChI=1S/C11H14FN.ClH/c1-8-2-4-9(5-3-8)11-10(12)6-7-13-11;/h2-5,10-11,13H,6-7H2,1H3;1H. The van der Waals surface area contributed by atoms with Crippen molar-refractivity contribution < 1.29 is 4.39 Å². The average Bonchev–Trinajstić information content (AvgIpc) is 2.53. The van der Waals surface area contributed by atoms with Gasteiger partial charge in [-0.25, -0.2) is 4.39 Å². The van der Waals surface area contributed by atoms with Crippen LogP contribution < -0.4 is 5.32 Å². The highest BCUT2D eigenvalue weighted by Crippen LogP contribution is 2.26. The average molecular weight is 216 g/mol. The molecule has 2 unspecified atom stereocenters. The predicted octanol–water partition coefficient (Wildman–Crippen LogP) is 2.79. The van der Waals surface area contributed by atoms with E-state index in [1.165, 1.54) is 5.56 Å². The Morgan fingerprint density at radius 1 is 1.29 bits per heavy atom. The minimum absolute atomic E-state index is 0. The molecule has 1 saturated heterocycles. The molecule has 1 heterocycles. The molecule has 1 aromatic rings. The van der Waals surface area contributed by atoms with Crippen LogP contribution >= 0.6 is 12.4 Å². The summed E-state index contributed by atoms with van der Waals surface area (Å²) in [6.07, 6.45) is -0.0823. The molecule has 0 spiro atoms. The van der Waals surface area contributed by atoms with Crippen LogP contribution in [0, 0.1) is 6.92 Å². The van der Waals surface area contributed by atoms with Gasteiger partial charge in [-0.1, -0.05) is 29.8 Å². The van der Waals surface area contributed by atoms with E-state index in [0.29, 0.717) is 6.42 Å². The van der Waals surface area contributed by atoms with Gasteiger partial charge < -0.3 is 5.32 Å². The lowest BCUT2D eigenvalue weighted by atomic mass is 10.0. The molecule has 1 aromatic carbocycles. The first kappa shape index (κ1) is 11.5. The van der Waals surface area contributed by atoms with E-state index in [4.69, 9.17) is 0 Å². The minimum Gasteiger partial charge on any atom is -0.307 e. The number of aryl methyl sites for hydroxylation is 1. The SMILES string of the molecule is Cc1ccc(C2NCCC2F)cc1.Cl. The molecular formula is C11H15ClFN. The Morgan fingerprint density at radius 2 is 1.93 bits per heavy atom. The molecule has 2 atom stereocenters. The van der Waals surface area contributed by atoms with Crippen LogP contribution in [0.3, 0.4) is 0 Å². The van der Waals surface area contributed by atoms with Crippen LogP contribution in [0.1, 0.15) is 23.6 Å². The van der Waals surface area contributed by atoms with Gasteiger partial charge in [0.05, 0.1) is 6.04 Å². The predicted molar refractivity (Wildman–Crippen MR) is 58.7 cm³/mol. The molecule has 0 radical (unpaired) electrons. The number of hydrogen-bond donors (Lipinski definition) is 1. The van der Waals surface area contributed by atoms with Crippen molar-refractivity contribution >= 4 is 12.4 Å². The van der Waals surface area contributed by atoms with E-state index in [-0.39, 0.29) is 18.4 Å². The normalized spacial score (nSPS) is 25.9. The van der Waals surface area contributed by atoms with Crippen molar-refractivity contribution in [2.45, 2.75) is 25.6 Å². The van der Waals surface area contributed by atoms with Gasteiger partial charge in [0.2, 0.25) is 0 Å². The molecule has 1 fully saturated rings. The van der Waals surface area contributed by atoms with Gasteiger partial charge in [0.15, 0.2) is 0 Å². The van der Waals surface area contributed by atoms with Gasteiger partial charge in [0, 0.05) is 0 Å². The van der Waals surface area contributed by atoms with Crippen molar-refractivity contribution in [2.75, 3.05) is 6.54 Å². The van der Waals surface area contributed by atoms with Crippen molar-refractivity contribution in [3.8, 4) is 0 Å². The van der Waals surface area contributed by atoms with Crippen molar-refractivity contribution in [3.63, 3.8) is 0 Å². The maximum absolute atomic E-state index is 13.3. The lowest BCUT2D eigenvalue weighted by Gasteiger charge is -2.13. The molecule has 1 aliphatic heterocycles. The van der Waals surface area contributed by atoms with Crippen LogP contribution in [0.5, 0.6) is 0 Å². The highest BCUT2D eigenvalue weighted by Gasteiger charge is 2.27. The second-order valence-corrected chi connectivity index (χ2v) is 3.65. The zero-order valence-corrected chi connectivity index (χ0v) is 8.98. The maximum Gasteiger partial charge on any atom is 0.121 e. The molecule has 14 heavy (non-hydrogen) atoms. The Labute approximate surface area is 90.1 Å². The topological polar surface area (TPSA) is 12.0 Å². The van der Waals surface area contributed by atoms with Crippen LogP contribution in [0.15, 0.2) is 24.3 Å². The van der Waals surface area contributed by atoms with Gasteiger partial charge in [0.1, 0.15) is 6.17 Å². The Bertz CT molecular complexity index is 286. The number of alkyl halides is 1. The molecule has 1 N–H and O–H groups in total. The Morgan fingerprint density at radius 3 is 2.43 bits per heavy atom. The first-order valence-corrected chi connectivity index (χ1v) is 4.71. The maximum atomic E-state index is 13.3. The van der Waals surface area contributed by atoms with E-state index < -0.39 is 6.17 Å². The first-order chi connectivity index (χ1) is 6.27. The molecule has 0 amide bonds. The highest BCUT2D eigenvalue weighted by atomic mass is 35.5. The number of benzene rings is 1. The first-order valence-electron chi connectivity index (χ1n) is 4.71. The van der Waals surface area contributed by atoms with Gasteiger partial charge in [-0.15, -0.1) is 12.4 Å². The molecule has 0 aliphatic carbocycles. The second-order valence-electron chi connectivity index (χ2n) is 3.65. The third-order valence-electron chi connectivity index (χ3n) is 2.58. The van der Waals surface area contributed by atoms with Crippen molar-refractivity contribution in [1.82, 2.24) is 5.32 Å². The number of halogens is 2. The number of nitrogens with one attached hydrogen (secondary N) is 1. The van der Waals surface area contributed by atoms with E-state index in [2.05, 4.69) is 5.32 Å². The van der Waals surface area contributed by atoms with Gasteiger partial charge >= 0.3 is 0 Å². The lowest BCUT2D eigenvalue weighted by Crippen LogP contribution is -2.18. The van der Waals surface area contributed by atoms with E-state index in [0.717, 1.165) is 12.1 Å². The Kier molecular flexibility index (Phi) is 3.90. The summed E-state index contributed by atoms with van der Waals surface area (Å²) >= 11 is 0. The fraction of sp³-hybridized carbons (Fsp3) is 0.455. The molecule has 0 aromatic heterocycles. The van der Waals surface area contributed by atoms with Crippen LogP contribution in [0.2, 0.25) is 0 Å². The molecule has 1 aliphatic rings. The molecule has 0 bridgehead atoms. The van der Waals surface area contributed by atoms with Crippen molar-refractivity contribution in [2.24, 2.45) is 0 Å². The van der Waals surface area contributed by atoms with Gasteiger partial charge in [-0.2, -0.15) is 0 Å². The van der Waals surface area contributed by atoms with Gasteiger partial charge in [0.25, 0.3) is 0 Å². The summed E-state index contributed by atoms with van der Waals surface area (Å²) in [5.74, 6) is 0. The molecular weight excluding hydrogens is 201 g/mol. The van der Waals surface area contributed by atoms with Gasteiger partial charge in [-0.05, 0) is 25.5 Å². The van der Waals surface area contributed by atoms with E-state index >= 15 is 0 Å². The monoisotopic (exact) mass is 215 g/mol. The quantitative estimate of drug-likeness (QED) is 0.760. The Hall–Kier alpha value is -0.600. The fourth-order valence-corrected chi connectivity index (χ4v) is 1.77. The third kappa shape index (κ3) is 2.25. The molecule has 78 valence electrons.